The largest absolute Gasteiger partial charge is 0.352 e. The average Bonchev–Trinajstić information content (AvgIpc) is 2.59. The van der Waals surface area contributed by atoms with Crippen LogP contribution in [0.3, 0.4) is 0 Å². The van der Waals surface area contributed by atoms with Gasteiger partial charge in [0.1, 0.15) is 0 Å². The van der Waals surface area contributed by atoms with Crippen molar-refractivity contribution in [1.29, 1.82) is 0 Å². The first-order valence-electron chi connectivity index (χ1n) is 7.86. The molecule has 2 amide bonds. The van der Waals surface area contributed by atoms with Crippen LogP contribution in [0.5, 0.6) is 0 Å². The fraction of sp³-hybridized carbons (Fsp3) is 0.263. The average molecular weight is 345 g/mol. The fourth-order valence-corrected chi connectivity index (χ4v) is 2.21. The third kappa shape index (κ3) is 5.39. The van der Waals surface area contributed by atoms with Gasteiger partial charge in [-0.25, -0.2) is 0 Å². The van der Waals surface area contributed by atoms with E-state index in [9.17, 15) is 9.59 Å². The Hall–Kier alpha value is -2.33. The third-order valence-corrected chi connectivity index (χ3v) is 3.68. The maximum atomic E-state index is 12.3. The second-order valence-corrected chi connectivity index (χ2v) is 6.43. The Balaban J connectivity index is 1.98. The van der Waals surface area contributed by atoms with Gasteiger partial charge in [-0.15, -0.1) is 0 Å². The van der Waals surface area contributed by atoms with E-state index in [0.717, 1.165) is 5.56 Å². The predicted octanol–water partition coefficient (Wildman–Crippen LogP) is 3.66. The van der Waals surface area contributed by atoms with Gasteiger partial charge in [-0.3, -0.25) is 9.59 Å². The van der Waals surface area contributed by atoms with Crippen molar-refractivity contribution < 1.29 is 9.59 Å². The second-order valence-electron chi connectivity index (χ2n) is 5.99. The number of halogens is 1. The highest BCUT2D eigenvalue weighted by Gasteiger charge is 2.10. The number of carbonyl (C=O) groups excluding carboxylic acids is 2. The van der Waals surface area contributed by atoms with E-state index in [1.165, 1.54) is 0 Å². The number of hydrogen-bond donors (Lipinski definition) is 2. The van der Waals surface area contributed by atoms with Crippen molar-refractivity contribution in [3.05, 3.63) is 70.2 Å². The molecule has 0 aliphatic heterocycles. The molecule has 0 bridgehead atoms. The molecule has 0 aliphatic carbocycles. The van der Waals surface area contributed by atoms with Gasteiger partial charge in [0.25, 0.3) is 11.8 Å². The van der Waals surface area contributed by atoms with Crippen molar-refractivity contribution >= 4 is 23.4 Å². The molecule has 2 rings (SSSR count). The van der Waals surface area contributed by atoms with Crippen LogP contribution >= 0.6 is 11.6 Å². The Morgan fingerprint density at radius 1 is 0.958 bits per heavy atom. The Bertz CT molecular complexity index is 712. The van der Waals surface area contributed by atoms with Gasteiger partial charge in [0.2, 0.25) is 0 Å². The maximum Gasteiger partial charge on any atom is 0.251 e. The molecule has 24 heavy (non-hydrogen) atoms. The number of carbonyl (C=O) groups is 2. The van der Waals surface area contributed by atoms with E-state index >= 15 is 0 Å². The van der Waals surface area contributed by atoms with Gasteiger partial charge < -0.3 is 10.6 Å². The van der Waals surface area contributed by atoms with Crippen molar-refractivity contribution in [3.63, 3.8) is 0 Å². The van der Waals surface area contributed by atoms with Gasteiger partial charge in [-0.05, 0) is 41.8 Å². The van der Waals surface area contributed by atoms with Crippen LogP contribution in [0, 0.1) is 5.92 Å². The summed E-state index contributed by atoms with van der Waals surface area (Å²) in [6, 6.07) is 14.0. The van der Waals surface area contributed by atoms with Gasteiger partial charge in [0, 0.05) is 29.2 Å². The minimum Gasteiger partial charge on any atom is -0.352 e. The molecule has 126 valence electrons. The van der Waals surface area contributed by atoms with E-state index in [-0.39, 0.29) is 11.8 Å². The minimum absolute atomic E-state index is 0.170. The minimum atomic E-state index is -0.219. The molecule has 4 nitrogen and oxygen atoms in total. The zero-order valence-corrected chi connectivity index (χ0v) is 14.6. The van der Waals surface area contributed by atoms with Gasteiger partial charge in [-0.1, -0.05) is 43.6 Å². The summed E-state index contributed by atoms with van der Waals surface area (Å²) in [6.45, 7) is 5.06. The van der Waals surface area contributed by atoms with Crippen molar-refractivity contribution in [2.75, 3.05) is 6.54 Å². The van der Waals surface area contributed by atoms with Crippen LogP contribution < -0.4 is 10.6 Å². The zero-order chi connectivity index (χ0) is 17.5. The number of benzene rings is 2. The summed E-state index contributed by atoms with van der Waals surface area (Å²) < 4.78 is 0. The van der Waals surface area contributed by atoms with Crippen molar-refractivity contribution in [1.82, 2.24) is 10.6 Å². The molecule has 0 saturated heterocycles. The summed E-state index contributed by atoms with van der Waals surface area (Å²) in [5.74, 6) is -0.0145. The molecule has 0 saturated carbocycles. The molecule has 5 heteroatoms. The van der Waals surface area contributed by atoms with E-state index in [1.54, 1.807) is 36.4 Å². The lowest BCUT2D eigenvalue weighted by Gasteiger charge is -2.09. The molecular formula is C19H21ClN2O2. The second kappa shape index (κ2) is 8.50. The zero-order valence-electron chi connectivity index (χ0n) is 13.8. The van der Waals surface area contributed by atoms with Crippen molar-refractivity contribution in [2.45, 2.75) is 20.4 Å². The highest BCUT2D eigenvalue weighted by molar-refractivity contribution is 6.30. The molecule has 0 heterocycles. The van der Waals surface area contributed by atoms with Gasteiger partial charge in [0.15, 0.2) is 0 Å². The first kappa shape index (κ1) is 18.0. The van der Waals surface area contributed by atoms with E-state index < -0.39 is 0 Å². The van der Waals surface area contributed by atoms with E-state index in [0.29, 0.717) is 35.2 Å². The van der Waals surface area contributed by atoms with Crippen LogP contribution in [0.15, 0.2) is 48.5 Å². The molecule has 0 atom stereocenters. The lowest BCUT2D eigenvalue weighted by Crippen LogP contribution is -2.28. The monoisotopic (exact) mass is 344 g/mol. The van der Waals surface area contributed by atoms with Crippen molar-refractivity contribution in [2.24, 2.45) is 5.92 Å². The Labute approximate surface area is 147 Å². The quantitative estimate of drug-likeness (QED) is 0.840. The van der Waals surface area contributed by atoms with Gasteiger partial charge in [0.05, 0.1) is 0 Å². The predicted molar refractivity (Wildman–Crippen MR) is 96.2 cm³/mol. The number of nitrogens with one attached hydrogen (secondary N) is 2. The number of hydrogen-bond acceptors (Lipinski definition) is 2. The van der Waals surface area contributed by atoms with Crippen LogP contribution in [-0.2, 0) is 6.54 Å². The standard InChI is InChI=1S/C19H21ClN2O2/c1-13(2)11-21-18(23)15-4-3-5-16(10-15)19(24)22-12-14-6-8-17(20)9-7-14/h3-10,13H,11-12H2,1-2H3,(H,21,23)(H,22,24). The Morgan fingerprint density at radius 2 is 1.54 bits per heavy atom. The molecule has 0 aromatic heterocycles. The Kier molecular flexibility index (Phi) is 6.38. The summed E-state index contributed by atoms with van der Waals surface area (Å²) in [5, 5.41) is 6.34. The van der Waals surface area contributed by atoms with Crippen LogP contribution in [0.4, 0.5) is 0 Å². The highest BCUT2D eigenvalue weighted by atomic mass is 35.5. The molecule has 0 fully saturated rings. The van der Waals surface area contributed by atoms with E-state index in [4.69, 9.17) is 11.6 Å². The molecule has 2 aromatic carbocycles. The Morgan fingerprint density at radius 3 is 2.12 bits per heavy atom. The molecular weight excluding hydrogens is 324 g/mol. The summed E-state index contributed by atoms with van der Waals surface area (Å²) in [6.07, 6.45) is 0. The van der Waals surface area contributed by atoms with Crippen LogP contribution in [0.25, 0.3) is 0 Å². The maximum absolute atomic E-state index is 12.3. The SMILES string of the molecule is CC(C)CNC(=O)c1cccc(C(=O)NCc2ccc(Cl)cc2)c1. The summed E-state index contributed by atoms with van der Waals surface area (Å²) in [4.78, 5) is 24.3. The smallest absolute Gasteiger partial charge is 0.251 e. The molecule has 2 N–H and O–H groups in total. The van der Waals surface area contributed by atoms with Crippen LogP contribution in [0.1, 0.15) is 40.1 Å². The fourth-order valence-electron chi connectivity index (χ4n) is 2.09. The number of amides is 2. The lowest BCUT2D eigenvalue weighted by molar-refractivity contribution is 0.0949. The first-order valence-corrected chi connectivity index (χ1v) is 8.24. The topological polar surface area (TPSA) is 58.2 Å². The lowest BCUT2D eigenvalue weighted by atomic mass is 10.1. The summed E-state index contributed by atoms with van der Waals surface area (Å²) in [7, 11) is 0. The van der Waals surface area contributed by atoms with Gasteiger partial charge in [-0.2, -0.15) is 0 Å². The molecule has 2 aromatic rings. The van der Waals surface area contributed by atoms with Gasteiger partial charge >= 0.3 is 0 Å². The van der Waals surface area contributed by atoms with E-state index in [1.807, 2.05) is 26.0 Å². The highest BCUT2D eigenvalue weighted by Crippen LogP contribution is 2.10. The molecule has 0 aliphatic rings. The van der Waals surface area contributed by atoms with Crippen molar-refractivity contribution in [3.8, 4) is 0 Å². The van der Waals surface area contributed by atoms with Crippen LogP contribution in [-0.4, -0.2) is 18.4 Å². The summed E-state index contributed by atoms with van der Waals surface area (Å²) in [5.41, 5.74) is 1.90. The number of rotatable bonds is 6. The molecule has 0 spiro atoms. The normalized spacial score (nSPS) is 10.5. The third-order valence-electron chi connectivity index (χ3n) is 3.42. The molecule has 0 unspecified atom stereocenters. The first-order chi connectivity index (χ1) is 11.5. The molecule has 0 radical (unpaired) electrons. The van der Waals surface area contributed by atoms with Crippen LogP contribution in [0.2, 0.25) is 5.02 Å². The van der Waals surface area contributed by atoms with E-state index in [2.05, 4.69) is 10.6 Å². The summed E-state index contributed by atoms with van der Waals surface area (Å²) >= 11 is 5.84.